The molecule has 1 aromatic carbocycles. The number of halogens is 1. The van der Waals surface area contributed by atoms with Gasteiger partial charge in [-0.05, 0) is 43.4 Å². The standard InChI is InChI=1S/C13H19NO.ClH/c14-10-11-5-4-8-13(9-11)15-12-6-2-1-3-7-12;/h4-5,8-9,12H,1-3,6-7,10,14H2;1H. The van der Waals surface area contributed by atoms with Crippen LogP contribution in [-0.2, 0) is 6.54 Å². The summed E-state index contributed by atoms with van der Waals surface area (Å²) in [6, 6.07) is 8.12. The summed E-state index contributed by atoms with van der Waals surface area (Å²) >= 11 is 0. The van der Waals surface area contributed by atoms with Crippen molar-refractivity contribution >= 4 is 12.4 Å². The summed E-state index contributed by atoms with van der Waals surface area (Å²) in [6.45, 7) is 0.585. The first-order valence-corrected chi connectivity index (χ1v) is 5.84. The van der Waals surface area contributed by atoms with Gasteiger partial charge in [0.25, 0.3) is 0 Å². The molecule has 16 heavy (non-hydrogen) atoms. The molecule has 90 valence electrons. The Hall–Kier alpha value is -0.730. The monoisotopic (exact) mass is 241 g/mol. The van der Waals surface area contributed by atoms with E-state index in [-0.39, 0.29) is 12.4 Å². The van der Waals surface area contributed by atoms with Crippen LogP contribution in [0.15, 0.2) is 24.3 Å². The van der Waals surface area contributed by atoms with E-state index in [4.69, 9.17) is 10.5 Å². The molecule has 0 aromatic heterocycles. The minimum Gasteiger partial charge on any atom is -0.490 e. The second-order valence-electron chi connectivity index (χ2n) is 4.23. The first-order valence-electron chi connectivity index (χ1n) is 5.84. The summed E-state index contributed by atoms with van der Waals surface area (Å²) in [5.74, 6) is 0.977. The van der Waals surface area contributed by atoms with Gasteiger partial charge in [-0.25, -0.2) is 0 Å². The Bertz CT molecular complexity index is 311. The SMILES string of the molecule is Cl.NCc1cccc(OC2CCCCC2)c1. The minimum atomic E-state index is 0. The van der Waals surface area contributed by atoms with Crippen molar-refractivity contribution in [2.24, 2.45) is 5.73 Å². The number of benzene rings is 1. The van der Waals surface area contributed by atoms with Crippen LogP contribution in [0.2, 0.25) is 0 Å². The van der Waals surface area contributed by atoms with Crippen molar-refractivity contribution in [2.75, 3.05) is 0 Å². The molecule has 0 aliphatic heterocycles. The summed E-state index contributed by atoms with van der Waals surface area (Å²) in [5.41, 5.74) is 6.74. The van der Waals surface area contributed by atoms with E-state index in [0.717, 1.165) is 11.3 Å². The van der Waals surface area contributed by atoms with Crippen LogP contribution in [0.5, 0.6) is 5.75 Å². The third kappa shape index (κ3) is 3.69. The number of hydrogen-bond acceptors (Lipinski definition) is 2. The lowest BCUT2D eigenvalue weighted by atomic mass is 9.98. The highest BCUT2D eigenvalue weighted by Gasteiger charge is 2.14. The zero-order valence-corrected chi connectivity index (χ0v) is 10.3. The van der Waals surface area contributed by atoms with Crippen molar-refractivity contribution in [3.63, 3.8) is 0 Å². The molecular weight excluding hydrogens is 222 g/mol. The van der Waals surface area contributed by atoms with Crippen LogP contribution >= 0.6 is 12.4 Å². The predicted molar refractivity (Wildman–Crippen MR) is 69.1 cm³/mol. The zero-order valence-electron chi connectivity index (χ0n) is 9.52. The predicted octanol–water partition coefficient (Wildman–Crippen LogP) is 3.28. The van der Waals surface area contributed by atoms with Crippen molar-refractivity contribution in [3.8, 4) is 5.75 Å². The minimum absolute atomic E-state index is 0. The Labute approximate surface area is 104 Å². The zero-order chi connectivity index (χ0) is 10.5. The summed E-state index contributed by atoms with van der Waals surface area (Å²) < 4.78 is 5.94. The maximum Gasteiger partial charge on any atom is 0.120 e. The van der Waals surface area contributed by atoms with Crippen molar-refractivity contribution < 1.29 is 4.74 Å². The van der Waals surface area contributed by atoms with Gasteiger partial charge in [-0.15, -0.1) is 12.4 Å². The third-order valence-electron chi connectivity index (χ3n) is 2.99. The molecular formula is C13H20ClNO. The first-order chi connectivity index (χ1) is 7.38. The lowest BCUT2D eigenvalue weighted by Crippen LogP contribution is -2.19. The number of nitrogens with two attached hydrogens (primary N) is 1. The van der Waals surface area contributed by atoms with E-state index in [2.05, 4.69) is 6.07 Å². The van der Waals surface area contributed by atoms with Crippen molar-refractivity contribution in [2.45, 2.75) is 44.8 Å². The average Bonchev–Trinajstić information content (AvgIpc) is 2.31. The Kier molecular flexibility index (Phi) is 5.64. The van der Waals surface area contributed by atoms with Gasteiger partial charge in [0.1, 0.15) is 5.75 Å². The molecule has 0 heterocycles. The van der Waals surface area contributed by atoms with Gasteiger partial charge in [0.05, 0.1) is 6.10 Å². The van der Waals surface area contributed by atoms with E-state index in [1.54, 1.807) is 0 Å². The molecule has 1 saturated carbocycles. The van der Waals surface area contributed by atoms with Crippen LogP contribution in [0, 0.1) is 0 Å². The average molecular weight is 242 g/mol. The maximum atomic E-state index is 5.94. The summed E-state index contributed by atoms with van der Waals surface area (Å²) in [4.78, 5) is 0. The Morgan fingerprint density at radius 3 is 2.62 bits per heavy atom. The Morgan fingerprint density at radius 1 is 1.19 bits per heavy atom. The van der Waals surface area contributed by atoms with Crippen LogP contribution in [-0.4, -0.2) is 6.10 Å². The molecule has 1 fully saturated rings. The quantitative estimate of drug-likeness (QED) is 0.882. The summed E-state index contributed by atoms with van der Waals surface area (Å²) in [6.07, 6.45) is 6.80. The Morgan fingerprint density at radius 2 is 1.94 bits per heavy atom. The highest BCUT2D eigenvalue weighted by Crippen LogP contribution is 2.23. The highest BCUT2D eigenvalue weighted by atomic mass is 35.5. The summed E-state index contributed by atoms with van der Waals surface area (Å²) in [5, 5.41) is 0. The van der Waals surface area contributed by atoms with Gasteiger partial charge in [-0.1, -0.05) is 18.6 Å². The molecule has 0 radical (unpaired) electrons. The number of rotatable bonds is 3. The lowest BCUT2D eigenvalue weighted by Gasteiger charge is -2.23. The second kappa shape index (κ2) is 6.77. The first kappa shape index (κ1) is 13.3. The van der Waals surface area contributed by atoms with Crippen LogP contribution in [0.3, 0.4) is 0 Å². The van der Waals surface area contributed by atoms with Gasteiger partial charge in [0.15, 0.2) is 0 Å². The van der Waals surface area contributed by atoms with Gasteiger partial charge in [0, 0.05) is 6.54 Å². The highest BCUT2D eigenvalue weighted by molar-refractivity contribution is 5.85. The van der Waals surface area contributed by atoms with Crippen LogP contribution in [0.4, 0.5) is 0 Å². The van der Waals surface area contributed by atoms with E-state index in [1.165, 1.54) is 32.1 Å². The topological polar surface area (TPSA) is 35.2 Å². The molecule has 1 aliphatic carbocycles. The van der Waals surface area contributed by atoms with E-state index in [1.807, 2.05) is 18.2 Å². The van der Waals surface area contributed by atoms with Gasteiger partial charge in [-0.2, -0.15) is 0 Å². The molecule has 0 amide bonds. The molecule has 0 atom stereocenters. The van der Waals surface area contributed by atoms with Crippen molar-refractivity contribution in [1.29, 1.82) is 0 Å². The van der Waals surface area contributed by atoms with Gasteiger partial charge >= 0.3 is 0 Å². The van der Waals surface area contributed by atoms with E-state index < -0.39 is 0 Å². The smallest absolute Gasteiger partial charge is 0.120 e. The molecule has 3 heteroatoms. The fourth-order valence-corrected chi connectivity index (χ4v) is 2.12. The lowest BCUT2D eigenvalue weighted by molar-refractivity contribution is 0.155. The van der Waals surface area contributed by atoms with Crippen LogP contribution in [0.1, 0.15) is 37.7 Å². The molecule has 1 aromatic rings. The van der Waals surface area contributed by atoms with Gasteiger partial charge < -0.3 is 10.5 Å². The van der Waals surface area contributed by atoms with Crippen LogP contribution < -0.4 is 10.5 Å². The Balaban J connectivity index is 0.00000128. The van der Waals surface area contributed by atoms with E-state index in [0.29, 0.717) is 12.6 Å². The molecule has 0 bridgehead atoms. The number of ether oxygens (including phenoxy) is 1. The van der Waals surface area contributed by atoms with E-state index >= 15 is 0 Å². The molecule has 0 saturated heterocycles. The fourth-order valence-electron chi connectivity index (χ4n) is 2.12. The molecule has 2 N–H and O–H groups in total. The molecule has 2 nitrogen and oxygen atoms in total. The van der Waals surface area contributed by atoms with Gasteiger partial charge in [-0.3, -0.25) is 0 Å². The fraction of sp³-hybridized carbons (Fsp3) is 0.538. The molecule has 1 aliphatic rings. The largest absolute Gasteiger partial charge is 0.490 e. The third-order valence-corrected chi connectivity index (χ3v) is 2.99. The van der Waals surface area contributed by atoms with E-state index in [9.17, 15) is 0 Å². The normalized spacial score (nSPS) is 16.6. The summed E-state index contributed by atoms with van der Waals surface area (Å²) in [7, 11) is 0. The van der Waals surface area contributed by atoms with Crippen molar-refractivity contribution in [3.05, 3.63) is 29.8 Å². The van der Waals surface area contributed by atoms with Gasteiger partial charge in [0.2, 0.25) is 0 Å². The second-order valence-corrected chi connectivity index (χ2v) is 4.23. The molecule has 2 rings (SSSR count). The number of hydrogen-bond donors (Lipinski definition) is 1. The van der Waals surface area contributed by atoms with Crippen molar-refractivity contribution in [1.82, 2.24) is 0 Å². The van der Waals surface area contributed by atoms with Crippen LogP contribution in [0.25, 0.3) is 0 Å². The maximum absolute atomic E-state index is 5.94. The molecule has 0 unspecified atom stereocenters. The molecule has 0 spiro atoms.